The van der Waals surface area contributed by atoms with Crippen LogP contribution in [-0.4, -0.2) is 22.9 Å². The van der Waals surface area contributed by atoms with Crippen molar-refractivity contribution in [2.75, 3.05) is 17.3 Å². The topological polar surface area (TPSA) is 42.0 Å². The lowest BCUT2D eigenvalue weighted by atomic mass is 10.3. The van der Waals surface area contributed by atoms with Crippen LogP contribution in [0.25, 0.3) is 10.2 Å². The molecule has 0 unspecified atom stereocenters. The van der Waals surface area contributed by atoms with E-state index in [-0.39, 0.29) is 11.7 Å². The number of hydrogen-bond donors (Lipinski definition) is 1. The number of amides is 1. The summed E-state index contributed by atoms with van der Waals surface area (Å²) >= 11 is 4.77. The lowest BCUT2D eigenvalue weighted by molar-refractivity contribution is -0.116. The molecule has 0 atom stereocenters. The maximum Gasteiger partial charge on any atom is 0.226 e. The molecule has 1 heterocycles. The van der Waals surface area contributed by atoms with Crippen LogP contribution in [0.15, 0.2) is 52.3 Å². The third-order valence-corrected chi connectivity index (χ3v) is 6.28. The van der Waals surface area contributed by atoms with Gasteiger partial charge in [0.25, 0.3) is 0 Å². The molecule has 7 heteroatoms. The summed E-state index contributed by atoms with van der Waals surface area (Å²) in [7, 11) is 0. The standard InChI is InChI=1S/C18H17FN2OS3/c1-23-14-4-2-5-15-17(14)21-18(25-15)20-16(22)6-3-11-24-13-9-7-12(19)8-10-13/h2,4-5,7-10H,3,6,11H2,1H3,(H,20,21,22). The van der Waals surface area contributed by atoms with Gasteiger partial charge in [-0.15, -0.1) is 23.5 Å². The number of fused-ring (bicyclic) bond motifs is 1. The molecule has 0 saturated heterocycles. The van der Waals surface area contributed by atoms with Crippen molar-refractivity contribution in [3.63, 3.8) is 0 Å². The molecule has 0 fully saturated rings. The second-order valence-corrected chi connectivity index (χ2v) is 8.33. The summed E-state index contributed by atoms with van der Waals surface area (Å²) in [5, 5.41) is 3.54. The zero-order valence-electron chi connectivity index (χ0n) is 13.6. The van der Waals surface area contributed by atoms with Crippen molar-refractivity contribution in [1.29, 1.82) is 0 Å². The average molecular weight is 393 g/mol. The Morgan fingerprint density at radius 1 is 1.24 bits per heavy atom. The van der Waals surface area contributed by atoms with E-state index in [1.54, 1.807) is 35.7 Å². The molecular weight excluding hydrogens is 375 g/mol. The zero-order chi connectivity index (χ0) is 17.6. The van der Waals surface area contributed by atoms with Gasteiger partial charge in [0.2, 0.25) is 5.91 Å². The minimum Gasteiger partial charge on any atom is -0.302 e. The number of benzene rings is 2. The third-order valence-electron chi connectivity index (χ3n) is 3.48. The predicted molar refractivity (Wildman–Crippen MR) is 106 cm³/mol. The largest absolute Gasteiger partial charge is 0.302 e. The molecule has 130 valence electrons. The van der Waals surface area contributed by atoms with E-state index in [0.717, 1.165) is 32.2 Å². The summed E-state index contributed by atoms with van der Waals surface area (Å²) in [6.45, 7) is 0. The molecule has 1 aromatic heterocycles. The second kappa shape index (κ2) is 8.69. The van der Waals surface area contributed by atoms with Gasteiger partial charge in [-0.25, -0.2) is 9.37 Å². The second-order valence-electron chi connectivity index (χ2n) is 5.28. The van der Waals surface area contributed by atoms with Crippen molar-refractivity contribution < 1.29 is 9.18 Å². The van der Waals surface area contributed by atoms with Crippen molar-refractivity contribution in [1.82, 2.24) is 4.98 Å². The minimum atomic E-state index is -0.232. The van der Waals surface area contributed by atoms with E-state index in [2.05, 4.69) is 10.3 Å². The molecule has 1 N–H and O–H groups in total. The number of nitrogens with one attached hydrogen (secondary N) is 1. The van der Waals surface area contributed by atoms with Gasteiger partial charge in [0, 0.05) is 16.2 Å². The molecule has 0 spiro atoms. The molecule has 0 aliphatic carbocycles. The molecule has 3 aromatic rings. The van der Waals surface area contributed by atoms with Gasteiger partial charge in [0.05, 0.1) is 10.2 Å². The number of rotatable bonds is 7. The maximum absolute atomic E-state index is 12.8. The summed E-state index contributed by atoms with van der Waals surface area (Å²) in [5.74, 6) is 0.559. The number of nitrogens with zero attached hydrogens (tertiary/aromatic N) is 1. The molecule has 0 saturated carbocycles. The van der Waals surface area contributed by atoms with Crippen molar-refractivity contribution >= 4 is 56.1 Å². The Balaban J connectivity index is 1.48. The quantitative estimate of drug-likeness (QED) is 0.416. The number of carbonyl (C=O) groups is 1. The predicted octanol–water partition coefficient (Wildman–Crippen LogP) is 5.67. The highest BCUT2D eigenvalue weighted by Crippen LogP contribution is 2.32. The number of thioether (sulfide) groups is 2. The van der Waals surface area contributed by atoms with Crippen molar-refractivity contribution in [3.8, 4) is 0 Å². The fourth-order valence-electron chi connectivity index (χ4n) is 2.28. The summed E-state index contributed by atoms with van der Waals surface area (Å²) < 4.78 is 13.9. The minimum absolute atomic E-state index is 0.0236. The lowest BCUT2D eigenvalue weighted by Gasteiger charge is -2.02. The molecule has 2 aromatic carbocycles. The normalized spacial score (nSPS) is 11.0. The fraction of sp³-hybridized carbons (Fsp3) is 0.222. The van der Waals surface area contributed by atoms with Crippen LogP contribution in [0, 0.1) is 5.82 Å². The Morgan fingerprint density at radius 3 is 2.80 bits per heavy atom. The van der Waals surface area contributed by atoms with E-state index in [9.17, 15) is 9.18 Å². The van der Waals surface area contributed by atoms with E-state index in [1.165, 1.54) is 23.5 Å². The average Bonchev–Trinajstić information content (AvgIpc) is 3.02. The fourth-order valence-corrected chi connectivity index (χ4v) is 4.67. The molecule has 1 amide bonds. The van der Waals surface area contributed by atoms with Crippen molar-refractivity contribution in [2.45, 2.75) is 22.6 Å². The van der Waals surface area contributed by atoms with Crippen LogP contribution in [0.4, 0.5) is 9.52 Å². The first kappa shape index (κ1) is 18.2. The number of thiazole rings is 1. The van der Waals surface area contributed by atoms with Crippen LogP contribution in [-0.2, 0) is 4.79 Å². The molecular formula is C18H17FN2OS3. The third kappa shape index (κ3) is 4.96. The van der Waals surface area contributed by atoms with E-state index in [4.69, 9.17) is 0 Å². The molecule has 25 heavy (non-hydrogen) atoms. The van der Waals surface area contributed by atoms with E-state index >= 15 is 0 Å². The lowest BCUT2D eigenvalue weighted by Crippen LogP contribution is -2.11. The highest BCUT2D eigenvalue weighted by atomic mass is 32.2. The highest BCUT2D eigenvalue weighted by molar-refractivity contribution is 7.99. The van der Waals surface area contributed by atoms with Gasteiger partial charge in [0.15, 0.2) is 5.13 Å². The van der Waals surface area contributed by atoms with Crippen LogP contribution >= 0.6 is 34.9 Å². The summed E-state index contributed by atoms with van der Waals surface area (Å²) in [6, 6.07) is 12.5. The Morgan fingerprint density at radius 2 is 2.04 bits per heavy atom. The molecule has 0 aliphatic rings. The van der Waals surface area contributed by atoms with Gasteiger partial charge >= 0.3 is 0 Å². The van der Waals surface area contributed by atoms with Gasteiger partial charge in [-0.1, -0.05) is 17.4 Å². The van der Waals surface area contributed by atoms with Crippen molar-refractivity contribution in [2.24, 2.45) is 0 Å². The maximum atomic E-state index is 12.8. The Kier molecular flexibility index (Phi) is 6.34. The number of hydrogen-bond acceptors (Lipinski definition) is 5. The van der Waals surface area contributed by atoms with Gasteiger partial charge in [-0.2, -0.15) is 0 Å². The number of aromatic nitrogens is 1. The first-order chi connectivity index (χ1) is 12.2. The highest BCUT2D eigenvalue weighted by Gasteiger charge is 2.10. The van der Waals surface area contributed by atoms with Gasteiger partial charge in [0.1, 0.15) is 5.82 Å². The van der Waals surface area contributed by atoms with Crippen LogP contribution in [0.5, 0.6) is 0 Å². The Labute approximate surface area is 158 Å². The van der Waals surface area contributed by atoms with E-state index in [0.29, 0.717) is 11.6 Å². The summed E-state index contributed by atoms with van der Waals surface area (Å²) in [6.07, 6.45) is 3.22. The number of halogens is 1. The van der Waals surface area contributed by atoms with Gasteiger partial charge in [-0.3, -0.25) is 4.79 Å². The molecule has 0 bridgehead atoms. The van der Waals surface area contributed by atoms with Gasteiger partial charge < -0.3 is 5.32 Å². The van der Waals surface area contributed by atoms with Crippen molar-refractivity contribution in [3.05, 3.63) is 48.3 Å². The number of carbonyl (C=O) groups excluding carboxylic acids is 1. The molecule has 0 aliphatic heterocycles. The molecule has 3 rings (SSSR count). The van der Waals surface area contributed by atoms with Crippen LogP contribution < -0.4 is 5.32 Å². The first-order valence-corrected chi connectivity index (χ1v) is 10.8. The molecule has 3 nitrogen and oxygen atoms in total. The van der Waals surface area contributed by atoms with Crippen LogP contribution in [0.1, 0.15) is 12.8 Å². The Hall–Kier alpha value is -1.57. The monoisotopic (exact) mass is 392 g/mol. The van der Waals surface area contributed by atoms with Crippen LogP contribution in [0.2, 0.25) is 0 Å². The van der Waals surface area contributed by atoms with E-state index in [1.807, 2.05) is 24.5 Å². The zero-order valence-corrected chi connectivity index (χ0v) is 16.1. The number of para-hydroxylation sites is 1. The smallest absolute Gasteiger partial charge is 0.226 e. The van der Waals surface area contributed by atoms with Gasteiger partial charge in [-0.05, 0) is 54.8 Å². The molecule has 0 radical (unpaired) electrons. The SMILES string of the molecule is CSc1cccc2sc(NC(=O)CCCSc3ccc(F)cc3)nc12. The summed E-state index contributed by atoms with van der Waals surface area (Å²) in [5.41, 5.74) is 0.946. The summed E-state index contributed by atoms with van der Waals surface area (Å²) in [4.78, 5) is 18.8. The van der Waals surface area contributed by atoms with Crippen LogP contribution in [0.3, 0.4) is 0 Å². The van der Waals surface area contributed by atoms with E-state index < -0.39 is 0 Å². The first-order valence-electron chi connectivity index (χ1n) is 7.77. The number of anilines is 1. The Bertz CT molecular complexity index is 864.